The number of carbonyl (C=O) groups excluding carboxylic acids is 2. The van der Waals surface area contributed by atoms with E-state index in [1.54, 1.807) is 31.3 Å². The maximum Gasteiger partial charge on any atom is 0.354 e. The van der Waals surface area contributed by atoms with E-state index in [1.165, 1.54) is 0 Å². The number of unbranched alkanes of at least 4 members (excludes halogenated alkanes) is 1. The number of rotatable bonds is 8. The van der Waals surface area contributed by atoms with Crippen molar-refractivity contribution in [3.63, 3.8) is 0 Å². The van der Waals surface area contributed by atoms with Crippen molar-refractivity contribution in [1.29, 1.82) is 0 Å². The van der Waals surface area contributed by atoms with E-state index in [1.807, 2.05) is 13.8 Å². The molecule has 0 N–H and O–H groups in total. The van der Waals surface area contributed by atoms with Crippen molar-refractivity contribution < 1.29 is 19.1 Å². The van der Waals surface area contributed by atoms with Crippen LogP contribution in [0.4, 0.5) is 0 Å². The standard InChI is InChI=1S/C16H23NO4/c1-4-6-10-14(18)21-15(13-9-7-8-11-17-13)16(19)20-12(3)5-2/h7-9,11-12,15H,4-6,10H2,1-3H3. The lowest BCUT2D eigenvalue weighted by molar-refractivity contribution is -0.172. The van der Waals surface area contributed by atoms with Gasteiger partial charge in [0.2, 0.25) is 6.10 Å². The van der Waals surface area contributed by atoms with E-state index >= 15 is 0 Å². The summed E-state index contributed by atoms with van der Waals surface area (Å²) in [6.45, 7) is 5.70. The third-order valence-electron chi connectivity index (χ3n) is 3.05. The van der Waals surface area contributed by atoms with E-state index in [-0.39, 0.29) is 12.5 Å². The van der Waals surface area contributed by atoms with Crippen LogP contribution >= 0.6 is 0 Å². The fraction of sp³-hybridized carbons (Fsp3) is 0.562. The van der Waals surface area contributed by atoms with Crippen LogP contribution in [0.15, 0.2) is 24.4 Å². The summed E-state index contributed by atoms with van der Waals surface area (Å²) in [5, 5.41) is 0. The van der Waals surface area contributed by atoms with Crippen LogP contribution in [0, 0.1) is 0 Å². The molecule has 0 bridgehead atoms. The topological polar surface area (TPSA) is 65.5 Å². The molecule has 116 valence electrons. The molecule has 21 heavy (non-hydrogen) atoms. The van der Waals surface area contributed by atoms with Gasteiger partial charge in [-0.1, -0.05) is 26.3 Å². The second-order valence-corrected chi connectivity index (χ2v) is 4.88. The summed E-state index contributed by atoms with van der Waals surface area (Å²) < 4.78 is 10.5. The Morgan fingerprint density at radius 3 is 2.57 bits per heavy atom. The zero-order chi connectivity index (χ0) is 15.7. The van der Waals surface area contributed by atoms with E-state index in [0.29, 0.717) is 12.1 Å². The van der Waals surface area contributed by atoms with Crippen molar-refractivity contribution in [2.75, 3.05) is 0 Å². The fourth-order valence-corrected chi connectivity index (χ4v) is 1.62. The average Bonchev–Trinajstić information content (AvgIpc) is 2.51. The minimum absolute atomic E-state index is 0.224. The van der Waals surface area contributed by atoms with Crippen LogP contribution in [0.3, 0.4) is 0 Å². The van der Waals surface area contributed by atoms with Crippen molar-refractivity contribution in [2.45, 2.75) is 58.7 Å². The number of hydrogen-bond donors (Lipinski definition) is 0. The van der Waals surface area contributed by atoms with Gasteiger partial charge in [0.15, 0.2) is 0 Å². The first-order valence-corrected chi connectivity index (χ1v) is 7.39. The molecule has 0 aromatic carbocycles. The molecule has 1 aromatic heterocycles. The summed E-state index contributed by atoms with van der Waals surface area (Å²) in [5.74, 6) is -0.985. The highest BCUT2D eigenvalue weighted by Gasteiger charge is 2.28. The van der Waals surface area contributed by atoms with Gasteiger partial charge in [-0.05, 0) is 31.9 Å². The maximum atomic E-state index is 12.2. The van der Waals surface area contributed by atoms with Crippen molar-refractivity contribution in [2.24, 2.45) is 0 Å². The summed E-state index contributed by atoms with van der Waals surface area (Å²) in [5.41, 5.74) is 0.385. The van der Waals surface area contributed by atoms with E-state index in [9.17, 15) is 9.59 Å². The minimum Gasteiger partial charge on any atom is -0.460 e. The maximum absolute atomic E-state index is 12.2. The lowest BCUT2D eigenvalue weighted by atomic mass is 10.2. The molecule has 5 heteroatoms. The molecule has 0 fully saturated rings. The van der Waals surface area contributed by atoms with Crippen LogP contribution in [0.1, 0.15) is 58.3 Å². The number of hydrogen-bond acceptors (Lipinski definition) is 5. The van der Waals surface area contributed by atoms with Gasteiger partial charge in [0.25, 0.3) is 0 Å². The van der Waals surface area contributed by atoms with Gasteiger partial charge >= 0.3 is 11.9 Å². The Morgan fingerprint density at radius 1 is 1.24 bits per heavy atom. The lowest BCUT2D eigenvalue weighted by Gasteiger charge is -2.18. The van der Waals surface area contributed by atoms with E-state index in [4.69, 9.17) is 9.47 Å². The molecule has 2 unspecified atom stereocenters. The quantitative estimate of drug-likeness (QED) is 0.689. The molecule has 5 nitrogen and oxygen atoms in total. The third kappa shape index (κ3) is 5.94. The molecule has 0 aliphatic rings. The van der Waals surface area contributed by atoms with Gasteiger partial charge in [0.05, 0.1) is 11.8 Å². The number of esters is 2. The number of carbonyl (C=O) groups is 2. The molecule has 2 atom stereocenters. The first-order chi connectivity index (χ1) is 10.1. The molecular weight excluding hydrogens is 270 g/mol. The number of aromatic nitrogens is 1. The van der Waals surface area contributed by atoms with Crippen molar-refractivity contribution in [1.82, 2.24) is 4.98 Å². The molecule has 0 amide bonds. The molecule has 1 rings (SSSR count). The smallest absolute Gasteiger partial charge is 0.354 e. The molecule has 0 aliphatic heterocycles. The second kappa shape index (κ2) is 9.10. The van der Waals surface area contributed by atoms with Crippen molar-refractivity contribution in [3.8, 4) is 0 Å². The molecule has 0 aliphatic carbocycles. The van der Waals surface area contributed by atoms with Crippen molar-refractivity contribution in [3.05, 3.63) is 30.1 Å². The van der Waals surface area contributed by atoms with Gasteiger partial charge < -0.3 is 9.47 Å². The summed E-state index contributed by atoms with van der Waals surface area (Å²) in [6, 6.07) is 5.13. The lowest BCUT2D eigenvalue weighted by Crippen LogP contribution is -2.25. The number of ether oxygens (including phenoxy) is 2. The average molecular weight is 293 g/mol. The summed E-state index contributed by atoms with van der Waals surface area (Å²) in [6.07, 6.45) is 2.84. The Hall–Kier alpha value is -1.91. The normalized spacial score (nSPS) is 13.3. The third-order valence-corrected chi connectivity index (χ3v) is 3.05. The predicted molar refractivity (Wildman–Crippen MR) is 78.4 cm³/mol. The van der Waals surface area contributed by atoms with Gasteiger partial charge in [-0.2, -0.15) is 0 Å². The van der Waals surface area contributed by atoms with Gasteiger partial charge in [-0.15, -0.1) is 0 Å². The molecule has 0 saturated carbocycles. The Bertz CT molecular complexity index is 447. The summed E-state index contributed by atoms with van der Waals surface area (Å²) >= 11 is 0. The van der Waals surface area contributed by atoms with Crippen LogP contribution < -0.4 is 0 Å². The molecule has 0 radical (unpaired) electrons. The van der Waals surface area contributed by atoms with Crippen LogP contribution in [-0.2, 0) is 19.1 Å². The highest BCUT2D eigenvalue weighted by Crippen LogP contribution is 2.19. The molecule has 1 heterocycles. The SMILES string of the molecule is CCCCC(=O)OC(C(=O)OC(C)CC)c1ccccn1. The molecular formula is C16H23NO4. The van der Waals surface area contributed by atoms with Gasteiger partial charge in [0.1, 0.15) is 0 Å². The van der Waals surface area contributed by atoms with Crippen LogP contribution in [0.25, 0.3) is 0 Å². The summed E-state index contributed by atoms with van der Waals surface area (Å²) in [4.78, 5) is 28.1. The monoisotopic (exact) mass is 293 g/mol. The zero-order valence-corrected chi connectivity index (χ0v) is 12.9. The van der Waals surface area contributed by atoms with Gasteiger partial charge in [0, 0.05) is 12.6 Å². The van der Waals surface area contributed by atoms with E-state index in [0.717, 1.165) is 12.8 Å². The zero-order valence-electron chi connectivity index (χ0n) is 12.9. The van der Waals surface area contributed by atoms with Crippen LogP contribution in [0.5, 0.6) is 0 Å². The van der Waals surface area contributed by atoms with Crippen LogP contribution in [-0.4, -0.2) is 23.0 Å². The molecule has 0 spiro atoms. The predicted octanol–water partition coefficient (Wildman–Crippen LogP) is 3.20. The first kappa shape index (κ1) is 17.1. The largest absolute Gasteiger partial charge is 0.460 e. The van der Waals surface area contributed by atoms with Gasteiger partial charge in [-0.3, -0.25) is 9.78 Å². The highest BCUT2D eigenvalue weighted by atomic mass is 16.6. The number of nitrogens with zero attached hydrogens (tertiary/aromatic N) is 1. The minimum atomic E-state index is -1.09. The molecule has 1 aromatic rings. The molecule has 0 saturated heterocycles. The second-order valence-electron chi connectivity index (χ2n) is 4.88. The Morgan fingerprint density at radius 2 is 2.00 bits per heavy atom. The van der Waals surface area contributed by atoms with Gasteiger partial charge in [-0.25, -0.2) is 4.79 Å². The number of pyridine rings is 1. The Kier molecular flexibility index (Phi) is 7.43. The first-order valence-electron chi connectivity index (χ1n) is 7.39. The summed E-state index contributed by atoms with van der Waals surface area (Å²) in [7, 11) is 0. The van der Waals surface area contributed by atoms with E-state index in [2.05, 4.69) is 4.98 Å². The highest BCUT2D eigenvalue weighted by molar-refractivity contribution is 5.80. The van der Waals surface area contributed by atoms with E-state index < -0.39 is 18.0 Å². The Labute approximate surface area is 125 Å². The Balaban J connectivity index is 2.80. The van der Waals surface area contributed by atoms with Crippen molar-refractivity contribution >= 4 is 11.9 Å². The van der Waals surface area contributed by atoms with Crippen LogP contribution in [0.2, 0.25) is 0 Å². The fourth-order valence-electron chi connectivity index (χ4n) is 1.62.